The minimum absolute atomic E-state index is 0.186. The highest BCUT2D eigenvalue weighted by Gasteiger charge is 2.29. The molecule has 0 aliphatic carbocycles. The van der Waals surface area contributed by atoms with Crippen molar-refractivity contribution in [2.24, 2.45) is 0 Å². The number of hydrogen-bond donors (Lipinski definition) is 2. The van der Waals surface area contributed by atoms with Crippen molar-refractivity contribution < 1.29 is 14.6 Å². The number of carbonyl (C=O) groups excluding carboxylic acids is 1. The molecule has 4 heteroatoms. The second kappa shape index (κ2) is 3.67. The van der Waals surface area contributed by atoms with Crippen LogP contribution in [0.1, 0.15) is 11.5 Å². The van der Waals surface area contributed by atoms with Crippen LogP contribution in [0.4, 0.5) is 4.79 Å². The highest BCUT2D eigenvalue weighted by atomic mass is 16.6. The van der Waals surface area contributed by atoms with Gasteiger partial charge >= 0.3 is 6.09 Å². The maximum atomic E-state index is 10.8. The fourth-order valence-electron chi connectivity index (χ4n) is 1.51. The Morgan fingerprint density at radius 2 is 2.07 bits per heavy atom. The molecule has 1 aliphatic heterocycles. The molecule has 0 radical (unpaired) electrons. The molecular formula is C10H11NO3. The van der Waals surface area contributed by atoms with Crippen LogP contribution in [0.2, 0.25) is 0 Å². The van der Waals surface area contributed by atoms with Crippen LogP contribution in [0.3, 0.4) is 0 Å². The predicted molar refractivity (Wildman–Crippen MR) is 49.7 cm³/mol. The third-order valence-corrected chi connectivity index (χ3v) is 2.27. The van der Waals surface area contributed by atoms with E-state index in [1.807, 2.05) is 30.3 Å². The van der Waals surface area contributed by atoms with Gasteiger partial charge in [-0.1, -0.05) is 30.3 Å². The molecular weight excluding hydrogens is 182 g/mol. The van der Waals surface area contributed by atoms with Crippen molar-refractivity contribution in [3.8, 4) is 0 Å². The van der Waals surface area contributed by atoms with Gasteiger partial charge in [-0.2, -0.15) is 0 Å². The summed E-state index contributed by atoms with van der Waals surface area (Å²) in [7, 11) is 0. The van der Waals surface area contributed by atoms with Gasteiger partial charge in [0.15, 0.2) is 0 Å². The van der Waals surface area contributed by atoms with Crippen molar-refractivity contribution in [3.63, 3.8) is 0 Å². The number of hydrogen-bond acceptors (Lipinski definition) is 3. The molecule has 0 saturated carbocycles. The third kappa shape index (κ3) is 1.70. The smallest absolute Gasteiger partial charge is 0.409 e. The van der Waals surface area contributed by atoms with Gasteiger partial charge in [0, 0.05) is 6.54 Å². The lowest BCUT2D eigenvalue weighted by molar-refractivity contribution is -0.0830. The number of nitrogens with one attached hydrogen (secondary N) is 1. The molecule has 0 aromatic heterocycles. The lowest BCUT2D eigenvalue weighted by Gasteiger charge is -2.28. The van der Waals surface area contributed by atoms with Crippen molar-refractivity contribution in [2.75, 3.05) is 6.54 Å². The third-order valence-electron chi connectivity index (χ3n) is 2.27. The van der Waals surface area contributed by atoms with Gasteiger partial charge < -0.3 is 15.2 Å². The number of aliphatic hydroxyl groups is 1. The van der Waals surface area contributed by atoms with Crippen LogP contribution in [0.25, 0.3) is 0 Å². The highest BCUT2D eigenvalue weighted by molar-refractivity contribution is 5.68. The molecule has 2 rings (SSSR count). The Hall–Kier alpha value is -1.55. The topological polar surface area (TPSA) is 58.6 Å². The molecule has 2 unspecified atom stereocenters. The Morgan fingerprint density at radius 1 is 1.36 bits per heavy atom. The fraction of sp³-hybridized carbons (Fsp3) is 0.300. The average molecular weight is 193 g/mol. The lowest BCUT2D eigenvalue weighted by atomic mass is 9.98. The summed E-state index contributed by atoms with van der Waals surface area (Å²) >= 11 is 0. The number of benzene rings is 1. The summed E-state index contributed by atoms with van der Waals surface area (Å²) in [4.78, 5) is 10.8. The number of alkyl carbamates (subject to hydrolysis) is 1. The molecule has 1 amide bonds. The van der Waals surface area contributed by atoms with E-state index in [1.54, 1.807) is 0 Å². The largest absolute Gasteiger partial charge is 0.419 e. The first-order valence-electron chi connectivity index (χ1n) is 4.45. The van der Waals surface area contributed by atoms with Gasteiger partial charge in [-0.05, 0) is 5.56 Å². The molecule has 1 aliphatic rings. The summed E-state index contributed by atoms with van der Waals surface area (Å²) in [6.07, 6.45) is -1.61. The van der Waals surface area contributed by atoms with Gasteiger partial charge in [0.1, 0.15) is 0 Å². The van der Waals surface area contributed by atoms with Crippen LogP contribution >= 0.6 is 0 Å². The lowest BCUT2D eigenvalue weighted by Crippen LogP contribution is -2.43. The Bertz CT molecular complexity index is 325. The Balaban J connectivity index is 2.16. The fourth-order valence-corrected chi connectivity index (χ4v) is 1.51. The van der Waals surface area contributed by atoms with Crippen LogP contribution < -0.4 is 5.32 Å². The van der Waals surface area contributed by atoms with Crippen molar-refractivity contribution in [1.29, 1.82) is 0 Å². The van der Waals surface area contributed by atoms with E-state index in [0.717, 1.165) is 5.56 Å². The van der Waals surface area contributed by atoms with Crippen molar-refractivity contribution in [1.82, 2.24) is 5.32 Å². The zero-order chi connectivity index (χ0) is 9.97. The Kier molecular flexibility index (Phi) is 2.37. The SMILES string of the molecule is O=C1NCC(c2ccccc2)C(O)O1. The number of ether oxygens (including phenoxy) is 1. The van der Waals surface area contributed by atoms with E-state index in [1.165, 1.54) is 0 Å². The zero-order valence-corrected chi connectivity index (χ0v) is 7.51. The molecule has 1 heterocycles. The molecule has 0 bridgehead atoms. The van der Waals surface area contributed by atoms with E-state index < -0.39 is 12.4 Å². The summed E-state index contributed by atoms with van der Waals surface area (Å²) in [6, 6.07) is 9.47. The van der Waals surface area contributed by atoms with Crippen LogP contribution in [-0.2, 0) is 4.74 Å². The van der Waals surface area contributed by atoms with E-state index in [-0.39, 0.29) is 5.92 Å². The molecule has 14 heavy (non-hydrogen) atoms. The van der Waals surface area contributed by atoms with Gasteiger partial charge in [0.25, 0.3) is 0 Å². The van der Waals surface area contributed by atoms with E-state index in [4.69, 9.17) is 0 Å². The van der Waals surface area contributed by atoms with E-state index in [0.29, 0.717) is 6.54 Å². The second-order valence-electron chi connectivity index (χ2n) is 3.19. The molecule has 0 spiro atoms. The Labute approximate surface area is 81.5 Å². The first kappa shape index (κ1) is 9.02. The second-order valence-corrected chi connectivity index (χ2v) is 3.19. The highest BCUT2D eigenvalue weighted by Crippen LogP contribution is 2.22. The summed E-state index contributed by atoms with van der Waals surface area (Å²) in [6.45, 7) is 0.407. The van der Waals surface area contributed by atoms with Gasteiger partial charge in [-0.25, -0.2) is 4.79 Å². The Morgan fingerprint density at radius 3 is 2.71 bits per heavy atom. The number of rotatable bonds is 1. The van der Waals surface area contributed by atoms with Crippen LogP contribution in [0, 0.1) is 0 Å². The first-order valence-corrected chi connectivity index (χ1v) is 4.45. The summed E-state index contributed by atoms with van der Waals surface area (Å²) in [5.41, 5.74) is 0.958. The van der Waals surface area contributed by atoms with E-state index in [2.05, 4.69) is 10.1 Å². The zero-order valence-electron chi connectivity index (χ0n) is 7.51. The number of carbonyl (C=O) groups is 1. The van der Waals surface area contributed by atoms with Gasteiger partial charge in [-0.15, -0.1) is 0 Å². The normalized spacial score (nSPS) is 26.5. The standard InChI is InChI=1S/C10H11NO3/c12-9-8(6-11-10(13)14-9)7-4-2-1-3-5-7/h1-5,8-9,12H,6H2,(H,11,13). The molecule has 1 aromatic rings. The van der Waals surface area contributed by atoms with Gasteiger partial charge in [0.05, 0.1) is 5.92 Å². The molecule has 1 fully saturated rings. The molecule has 2 atom stereocenters. The number of cyclic esters (lactones) is 1. The van der Waals surface area contributed by atoms with Crippen LogP contribution in [0.15, 0.2) is 30.3 Å². The van der Waals surface area contributed by atoms with E-state index in [9.17, 15) is 9.90 Å². The first-order chi connectivity index (χ1) is 6.77. The maximum absolute atomic E-state index is 10.8. The molecule has 2 N–H and O–H groups in total. The minimum Gasteiger partial charge on any atom is -0.419 e. The summed E-state index contributed by atoms with van der Waals surface area (Å²) in [5.74, 6) is -0.186. The van der Waals surface area contributed by atoms with Crippen molar-refractivity contribution in [2.45, 2.75) is 12.2 Å². The average Bonchev–Trinajstić information content (AvgIpc) is 2.19. The van der Waals surface area contributed by atoms with Crippen molar-refractivity contribution in [3.05, 3.63) is 35.9 Å². The quantitative estimate of drug-likeness (QED) is 0.694. The number of amides is 1. The summed E-state index contributed by atoms with van der Waals surface area (Å²) in [5, 5.41) is 12.0. The van der Waals surface area contributed by atoms with Gasteiger partial charge in [0.2, 0.25) is 6.29 Å². The predicted octanol–water partition coefficient (Wildman–Crippen LogP) is 0.828. The van der Waals surface area contributed by atoms with Gasteiger partial charge in [-0.3, -0.25) is 0 Å². The molecule has 4 nitrogen and oxygen atoms in total. The monoisotopic (exact) mass is 193 g/mol. The van der Waals surface area contributed by atoms with Crippen LogP contribution in [0.5, 0.6) is 0 Å². The van der Waals surface area contributed by atoms with Crippen molar-refractivity contribution >= 4 is 6.09 Å². The maximum Gasteiger partial charge on any atom is 0.409 e. The molecule has 74 valence electrons. The van der Waals surface area contributed by atoms with E-state index >= 15 is 0 Å². The molecule has 1 saturated heterocycles. The molecule has 1 aromatic carbocycles. The minimum atomic E-state index is -1.05. The summed E-state index contributed by atoms with van der Waals surface area (Å²) < 4.78 is 4.66. The van der Waals surface area contributed by atoms with Crippen LogP contribution in [-0.4, -0.2) is 24.0 Å². The number of aliphatic hydroxyl groups excluding tert-OH is 1.